The lowest BCUT2D eigenvalue weighted by Crippen LogP contribution is -2.00. The van der Waals surface area contributed by atoms with Gasteiger partial charge in [0, 0.05) is 58.4 Å². The quantitative estimate of drug-likeness (QED) is 0.167. The van der Waals surface area contributed by atoms with Crippen molar-refractivity contribution in [2.45, 2.75) is 0 Å². The number of rotatable bonds is 6. The molecule has 4 heterocycles. The first kappa shape index (κ1) is 25.6. The zero-order chi connectivity index (χ0) is 51.9. The summed E-state index contributed by atoms with van der Waals surface area (Å²) in [6.45, 7) is 0. The highest BCUT2D eigenvalue weighted by Gasteiger charge is 2.20. The molecule has 0 radical (unpaired) electrons. The van der Waals surface area contributed by atoms with Crippen LogP contribution >= 0.6 is 11.3 Å². The van der Waals surface area contributed by atoms with Crippen LogP contribution in [-0.2, 0) is 0 Å². The van der Waals surface area contributed by atoms with Crippen LogP contribution in [-0.4, -0.2) is 19.5 Å². The van der Waals surface area contributed by atoms with Gasteiger partial charge in [0.25, 0.3) is 0 Å². The van der Waals surface area contributed by atoms with E-state index in [1.54, 1.807) is 11.3 Å². The monoisotopic (exact) mass is 834 g/mol. The number of hydrogen-bond acceptors (Lipinski definition) is 5. The van der Waals surface area contributed by atoms with Gasteiger partial charge in [0.2, 0.25) is 0 Å². The molecule has 0 aliphatic heterocycles. The van der Waals surface area contributed by atoms with E-state index in [4.69, 9.17) is 31.7 Å². The third kappa shape index (κ3) is 5.80. The van der Waals surface area contributed by atoms with Crippen molar-refractivity contribution in [1.82, 2.24) is 19.5 Å². The molecular formula is C57H34N4OS. The highest BCUT2D eigenvalue weighted by atomic mass is 32.1. The number of nitrogens with zero attached hydrogens (tertiary/aromatic N) is 4. The molecule has 63 heavy (non-hydrogen) atoms. The van der Waals surface area contributed by atoms with Crippen molar-refractivity contribution in [2.24, 2.45) is 0 Å². The van der Waals surface area contributed by atoms with Gasteiger partial charge < -0.3 is 8.98 Å². The largest absolute Gasteiger partial charge is 0.454 e. The molecule has 0 N–H and O–H groups in total. The van der Waals surface area contributed by atoms with Crippen molar-refractivity contribution in [1.29, 1.82) is 0 Å². The van der Waals surface area contributed by atoms with Gasteiger partial charge in [-0.2, -0.15) is 0 Å². The number of furan rings is 1. The molecule has 4 aromatic heterocycles. The first-order valence-electron chi connectivity index (χ1n) is 26.1. The van der Waals surface area contributed by atoms with Crippen LogP contribution < -0.4 is 0 Å². The molecule has 0 saturated carbocycles. The molecule has 0 fully saturated rings. The van der Waals surface area contributed by atoms with Crippen molar-refractivity contribution < 1.29 is 20.9 Å². The van der Waals surface area contributed by atoms with E-state index >= 15 is 0 Å². The maximum absolute atomic E-state index is 9.76. The zero-order valence-corrected chi connectivity index (χ0v) is 33.6. The van der Waals surface area contributed by atoms with E-state index in [1.165, 1.54) is 16.7 Å². The van der Waals surface area contributed by atoms with E-state index < -0.39 is 60.4 Å². The van der Waals surface area contributed by atoms with Crippen LogP contribution in [0.4, 0.5) is 0 Å². The normalized spacial score (nSPS) is 14.5. The molecule has 0 atom stereocenters. The van der Waals surface area contributed by atoms with E-state index in [0.717, 1.165) is 42.4 Å². The van der Waals surface area contributed by atoms with Crippen molar-refractivity contribution in [3.8, 4) is 62.1 Å². The molecule has 9 aromatic carbocycles. The smallest absolute Gasteiger partial charge is 0.164 e. The maximum Gasteiger partial charge on any atom is 0.164 e. The summed E-state index contributed by atoms with van der Waals surface area (Å²) in [4.78, 5) is 14.7. The lowest BCUT2D eigenvalue weighted by atomic mass is 9.97. The summed E-state index contributed by atoms with van der Waals surface area (Å²) in [5, 5.41) is 1.79. The predicted octanol–water partition coefficient (Wildman–Crippen LogP) is 15.6. The van der Waals surface area contributed by atoms with Gasteiger partial charge in [-0.25, -0.2) is 15.0 Å². The average Bonchev–Trinajstić information content (AvgIpc) is 4.13. The predicted molar refractivity (Wildman–Crippen MR) is 262 cm³/mol. The summed E-state index contributed by atoms with van der Waals surface area (Å²) < 4.78 is 118. The maximum atomic E-state index is 9.76. The summed E-state index contributed by atoms with van der Waals surface area (Å²) in [5.74, 6) is 0.395. The Labute approximate surface area is 382 Å². The Hall–Kier alpha value is -8.19. The summed E-state index contributed by atoms with van der Waals surface area (Å²) in [5.41, 5.74) is 5.00. The molecule has 0 saturated heterocycles. The van der Waals surface area contributed by atoms with Gasteiger partial charge in [-0.05, 0) is 64.6 Å². The number of thiophene rings is 1. The fraction of sp³-hybridized carbons (Fsp3) is 0. The molecule has 5 nitrogen and oxygen atoms in total. The molecule has 13 rings (SSSR count). The van der Waals surface area contributed by atoms with Crippen molar-refractivity contribution in [2.75, 3.05) is 0 Å². The van der Waals surface area contributed by atoms with Gasteiger partial charge in [-0.3, -0.25) is 0 Å². The van der Waals surface area contributed by atoms with Gasteiger partial charge in [0.15, 0.2) is 23.1 Å². The summed E-state index contributed by atoms with van der Waals surface area (Å²) >= 11 is 1.64. The fourth-order valence-corrected chi connectivity index (χ4v) is 9.64. The Morgan fingerprint density at radius 2 is 1.11 bits per heavy atom. The lowest BCUT2D eigenvalue weighted by Gasteiger charge is -2.09. The van der Waals surface area contributed by atoms with Crippen molar-refractivity contribution in [3.05, 3.63) is 206 Å². The number of hydrogen-bond donors (Lipinski definition) is 0. The number of benzene rings is 9. The van der Waals surface area contributed by atoms with Crippen LogP contribution in [0.2, 0.25) is 0 Å². The van der Waals surface area contributed by atoms with Gasteiger partial charge in [-0.15, -0.1) is 11.3 Å². The molecular weight excluding hydrogens is 789 g/mol. The molecule has 0 unspecified atom stereocenters. The summed E-state index contributed by atoms with van der Waals surface area (Å²) in [6.07, 6.45) is 0. The molecule has 0 bridgehead atoms. The topological polar surface area (TPSA) is 56.7 Å². The standard InChI is InChI=1S/C57H34N4OS/c1-3-13-35(14-4-1)36-25-27-37(28-26-36)41-19-12-24-51-53(41)46-32-30-40(34-52(46)63-51)57-59-55(38-15-5-2-6-16-38)58-56(60-57)39-29-31-44-45-20-11-23-49(54(45)62-50(44)33-39)61-47-21-9-7-17-42(47)43-18-8-10-22-48(43)61/h1-34H/i7D,8D,9D,10D,11D,17D,18D,20D,21D,29D,31D,33D. The van der Waals surface area contributed by atoms with Crippen LogP contribution in [0.15, 0.2) is 210 Å². The Balaban J connectivity index is 1.01. The second-order valence-electron chi connectivity index (χ2n) is 15.0. The van der Waals surface area contributed by atoms with E-state index in [0.29, 0.717) is 11.1 Å². The molecule has 0 amide bonds. The second kappa shape index (κ2) is 14.2. The molecule has 0 aliphatic carbocycles. The second-order valence-corrected chi connectivity index (χ2v) is 16.1. The van der Waals surface area contributed by atoms with E-state index in [2.05, 4.69) is 54.6 Å². The number of fused-ring (bicyclic) bond motifs is 9. The van der Waals surface area contributed by atoms with E-state index in [9.17, 15) is 4.11 Å². The van der Waals surface area contributed by atoms with Crippen molar-refractivity contribution in [3.63, 3.8) is 0 Å². The number of para-hydroxylation sites is 3. The third-order valence-corrected chi connectivity index (χ3v) is 12.5. The molecule has 6 heteroatoms. The summed E-state index contributed by atoms with van der Waals surface area (Å²) in [6, 6.07) is 37.2. The van der Waals surface area contributed by atoms with Gasteiger partial charge in [0.05, 0.1) is 33.2 Å². The fourth-order valence-electron chi connectivity index (χ4n) is 8.47. The van der Waals surface area contributed by atoms with Crippen LogP contribution in [0, 0.1) is 0 Å². The highest BCUT2D eigenvalue weighted by Crippen LogP contribution is 2.43. The Morgan fingerprint density at radius 1 is 0.444 bits per heavy atom. The molecule has 0 aliphatic rings. The van der Waals surface area contributed by atoms with Crippen LogP contribution in [0.3, 0.4) is 0 Å². The lowest BCUT2D eigenvalue weighted by molar-refractivity contribution is 0.666. The van der Waals surface area contributed by atoms with Crippen LogP contribution in [0.5, 0.6) is 0 Å². The molecule has 0 spiro atoms. The zero-order valence-electron chi connectivity index (χ0n) is 44.8. The van der Waals surface area contributed by atoms with Gasteiger partial charge >= 0.3 is 0 Å². The molecule has 13 aromatic rings. The first-order valence-corrected chi connectivity index (χ1v) is 20.9. The summed E-state index contributed by atoms with van der Waals surface area (Å²) in [7, 11) is 0. The van der Waals surface area contributed by atoms with E-state index in [1.807, 2.05) is 66.7 Å². The Bertz CT molecular complexity index is 4620. The average molecular weight is 835 g/mol. The Kier molecular flexibility index (Phi) is 5.76. The number of aromatic nitrogens is 4. The van der Waals surface area contributed by atoms with Gasteiger partial charge in [-0.1, -0.05) is 164 Å². The SMILES string of the molecule is [2H]c1cc2c(c([2H])c1[2H])c1c([2H])c([2H])c([2H])c([2H])c1n2-c1cc([2H])c([2H])c2c1oc1c([2H])c(-c3nc(-c4ccccc4)nc(-c4ccc5c(c4)sc4cccc(-c6ccc(-c7ccccc7)cc6)c45)n3)c([2H])c([2H])c12. The highest BCUT2D eigenvalue weighted by molar-refractivity contribution is 7.26. The minimum absolute atomic E-state index is 0.0372. The van der Waals surface area contributed by atoms with E-state index in [-0.39, 0.29) is 84.6 Å². The minimum Gasteiger partial charge on any atom is -0.454 e. The Morgan fingerprint density at radius 3 is 1.94 bits per heavy atom. The van der Waals surface area contributed by atoms with Crippen LogP contribution in [0.25, 0.3) is 126 Å². The first-order chi connectivity index (χ1) is 36.2. The van der Waals surface area contributed by atoms with Crippen molar-refractivity contribution >= 4 is 75.3 Å². The molecule has 294 valence electrons. The third-order valence-electron chi connectivity index (χ3n) is 11.4. The minimum atomic E-state index is -0.597. The van der Waals surface area contributed by atoms with Crippen LogP contribution in [0.1, 0.15) is 16.4 Å². The van der Waals surface area contributed by atoms with Gasteiger partial charge in [0.1, 0.15) is 5.58 Å².